The molecule has 1 saturated heterocycles. The Balaban J connectivity index is 1.94. The van der Waals surface area contributed by atoms with Crippen LogP contribution in [0.15, 0.2) is 12.1 Å². The van der Waals surface area contributed by atoms with E-state index in [1.54, 1.807) is 0 Å². The number of nitrogens with zero attached hydrogens (tertiary/aromatic N) is 2. The van der Waals surface area contributed by atoms with Crippen molar-refractivity contribution in [3.8, 4) is 0 Å². The average Bonchev–Trinajstić information content (AvgIpc) is 2.82. The number of nitrogens with one attached hydrogen (secondary N) is 1. The van der Waals surface area contributed by atoms with E-state index in [0.717, 1.165) is 12.1 Å². The van der Waals surface area contributed by atoms with Gasteiger partial charge in [0.1, 0.15) is 4.99 Å². The largest absolute Gasteiger partial charge is 0.378 e. The van der Waals surface area contributed by atoms with E-state index in [0.29, 0.717) is 48.1 Å². The smallest absolute Gasteiger partial charge is 0.166 e. The van der Waals surface area contributed by atoms with Crippen molar-refractivity contribution in [3.63, 3.8) is 0 Å². The summed E-state index contributed by atoms with van der Waals surface area (Å²) in [7, 11) is 0. The molecule has 1 aliphatic rings. The highest BCUT2D eigenvalue weighted by atomic mass is 32.1. The number of hydrogen-bond acceptors (Lipinski definition) is 3. The quantitative estimate of drug-likeness (QED) is 0.811. The number of aromatic amines is 1. The molecule has 2 aromatic rings. The second-order valence-corrected chi connectivity index (χ2v) is 4.66. The Morgan fingerprint density at radius 3 is 2.68 bits per heavy atom. The van der Waals surface area contributed by atoms with E-state index in [1.165, 1.54) is 0 Å². The summed E-state index contributed by atoms with van der Waals surface area (Å²) in [6, 6.07) is 2.15. The van der Waals surface area contributed by atoms with Crippen LogP contribution in [-0.2, 0) is 4.74 Å². The van der Waals surface area contributed by atoms with Crippen LogP contribution in [0.2, 0.25) is 0 Å². The summed E-state index contributed by atoms with van der Waals surface area (Å²) in [6.45, 7) is 2.62. The minimum absolute atomic E-state index is 0.365. The lowest BCUT2D eigenvalue weighted by molar-refractivity contribution is 0.0691. The van der Waals surface area contributed by atoms with Crippen molar-refractivity contribution in [1.29, 1.82) is 0 Å². The van der Waals surface area contributed by atoms with Gasteiger partial charge < -0.3 is 14.6 Å². The number of halogens is 2. The molecule has 0 radical (unpaired) electrons. The number of rotatable bonds is 1. The number of morpholine rings is 1. The van der Waals surface area contributed by atoms with E-state index >= 15 is 0 Å². The highest BCUT2D eigenvalue weighted by Gasteiger charge is 2.18. The van der Waals surface area contributed by atoms with Gasteiger partial charge >= 0.3 is 0 Å². The highest BCUT2D eigenvalue weighted by molar-refractivity contribution is 7.80. The first-order chi connectivity index (χ1) is 9.15. The number of ether oxygens (including phenoxy) is 1. The topological polar surface area (TPSA) is 41.2 Å². The zero-order chi connectivity index (χ0) is 13.4. The van der Waals surface area contributed by atoms with Crippen molar-refractivity contribution in [1.82, 2.24) is 14.9 Å². The molecule has 0 aliphatic carbocycles. The first-order valence-corrected chi connectivity index (χ1v) is 6.28. The van der Waals surface area contributed by atoms with Crippen LogP contribution < -0.4 is 0 Å². The third kappa shape index (κ3) is 2.31. The Labute approximate surface area is 113 Å². The fourth-order valence-corrected chi connectivity index (χ4v) is 2.30. The number of fused-ring (bicyclic) bond motifs is 1. The van der Waals surface area contributed by atoms with Crippen LogP contribution in [0, 0.1) is 11.6 Å². The normalized spacial score (nSPS) is 16.0. The Bertz CT molecular complexity index is 598. The number of H-pyrrole nitrogens is 1. The molecule has 1 aliphatic heterocycles. The molecule has 0 spiro atoms. The predicted molar refractivity (Wildman–Crippen MR) is 70.1 cm³/mol. The third-order valence-electron chi connectivity index (χ3n) is 3.02. The Morgan fingerprint density at radius 2 is 1.95 bits per heavy atom. The summed E-state index contributed by atoms with van der Waals surface area (Å²) in [4.78, 5) is 9.63. The van der Waals surface area contributed by atoms with Gasteiger partial charge in [-0.25, -0.2) is 13.8 Å². The average molecular weight is 283 g/mol. The molecule has 19 heavy (non-hydrogen) atoms. The van der Waals surface area contributed by atoms with Crippen LogP contribution in [0.3, 0.4) is 0 Å². The van der Waals surface area contributed by atoms with E-state index in [-0.39, 0.29) is 0 Å². The molecule has 4 nitrogen and oxygen atoms in total. The number of thiocarbonyl (C=S) groups is 1. The van der Waals surface area contributed by atoms with Gasteiger partial charge in [0, 0.05) is 25.2 Å². The third-order valence-corrected chi connectivity index (χ3v) is 3.48. The maximum absolute atomic E-state index is 13.1. The van der Waals surface area contributed by atoms with E-state index in [1.807, 2.05) is 4.90 Å². The molecule has 2 heterocycles. The predicted octanol–water partition coefficient (Wildman–Crippen LogP) is 1.85. The van der Waals surface area contributed by atoms with Crippen molar-refractivity contribution in [2.45, 2.75) is 0 Å². The molecule has 0 unspecified atom stereocenters. The van der Waals surface area contributed by atoms with Crippen LogP contribution in [0.4, 0.5) is 8.78 Å². The highest BCUT2D eigenvalue weighted by Crippen LogP contribution is 2.17. The summed E-state index contributed by atoms with van der Waals surface area (Å²) in [5.74, 6) is -1.36. The molecule has 0 amide bonds. The van der Waals surface area contributed by atoms with E-state index in [9.17, 15) is 8.78 Å². The lowest BCUT2D eigenvalue weighted by Crippen LogP contribution is -2.40. The minimum atomic E-state index is -0.914. The SMILES string of the molecule is Fc1cc2nc(C(=S)N3CCOCC3)[nH]c2cc1F. The van der Waals surface area contributed by atoms with Gasteiger partial charge in [-0.3, -0.25) is 0 Å². The number of benzene rings is 1. The maximum atomic E-state index is 13.1. The van der Waals surface area contributed by atoms with Gasteiger partial charge in [-0.15, -0.1) is 0 Å². The van der Waals surface area contributed by atoms with Crippen LogP contribution in [0.5, 0.6) is 0 Å². The maximum Gasteiger partial charge on any atom is 0.166 e. The van der Waals surface area contributed by atoms with E-state index in [4.69, 9.17) is 17.0 Å². The first kappa shape index (κ1) is 12.4. The van der Waals surface area contributed by atoms with Gasteiger partial charge in [0.15, 0.2) is 17.5 Å². The molecule has 3 rings (SSSR count). The van der Waals surface area contributed by atoms with Gasteiger partial charge in [-0.05, 0) is 0 Å². The van der Waals surface area contributed by atoms with Gasteiger partial charge in [-0.2, -0.15) is 0 Å². The van der Waals surface area contributed by atoms with Gasteiger partial charge in [-0.1, -0.05) is 12.2 Å². The molecule has 7 heteroatoms. The molecule has 1 aromatic heterocycles. The second kappa shape index (κ2) is 4.82. The number of aromatic nitrogens is 2. The molecule has 0 saturated carbocycles. The number of hydrogen-bond donors (Lipinski definition) is 1. The Hall–Kier alpha value is -1.60. The van der Waals surface area contributed by atoms with Crippen molar-refractivity contribution < 1.29 is 13.5 Å². The van der Waals surface area contributed by atoms with Crippen LogP contribution >= 0.6 is 12.2 Å². The summed E-state index contributed by atoms with van der Waals surface area (Å²) in [6.07, 6.45) is 0. The van der Waals surface area contributed by atoms with Gasteiger partial charge in [0.25, 0.3) is 0 Å². The van der Waals surface area contributed by atoms with E-state index in [2.05, 4.69) is 9.97 Å². The molecule has 1 N–H and O–H groups in total. The molecule has 1 aromatic carbocycles. The standard InChI is InChI=1S/C12H11F2N3OS/c13-7-5-9-10(6-8(7)14)16-11(15-9)12(19)17-1-3-18-4-2-17/h5-6H,1-4H2,(H,15,16). The fraction of sp³-hybridized carbons (Fsp3) is 0.333. The van der Waals surface area contributed by atoms with Gasteiger partial charge in [0.2, 0.25) is 0 Å². The Kier molecular flexibility index (Phi) is 3.16. The molecule has 0 bridgehead atoms. The lowest BCUT2D eigenvalue weighted by Gasteiger charge is -2.28. The van der Waals surface area contributed by atoms with Crippen LogP contribution in [0.25, 0.3) is 11.0 Å². The molecule has 100 valence electrons. The van der Waals surface area contributed by atoms with Crippen LogP contribution in [0.1, 0.15) is 5.82 Å². The molecule has 1 fully saturated rings. The summed E-state index contributed by atoms with van der Waals surface area (Å²) >= 11 is 5.34. The minimum Gasteiger partial charge on any atom is -0.378 e. The monoisotopic (exact) mass is 283 g/mol. The number of imidazole rings is 1. The fourth-order valence-electron chi connectivity index (χ4n) is 2.02. The summed E-state index contributed by atoms with van der Waals surface area (Å²) < 4.78 is 31.5. The van der Waals surface area contributed by atoms with Crippen molar-refractivity contribution in [2.75, 3.05) is 26.3 Å². The lowest BCUT2D eigenvalue weighted by atomic mass is 10.3. The first-order valence-electron chi connectivity index (χ1n) is 5.87. The molecular formula is C12H11F2N3OS. The zero-order valence-electron chi connectivity index (χ0n) is 9.95. The van der Waals surface area contributed by atoms with Crippen LogP contribution in [-0.4, -0.2) is 46.2 Å². The summed E-state index contributed by atoms with van der Waals surface area (Å²) in [5, 5.41) is 0. The van der Waals surface area contributed by atoms with E-state index < -0.39 is 11.6 Å². The van der Waals surface area contributed by atoms with Crippen molar-refractivity contribution in [2.24, 2.45) is 0 Å². The zero-order valence-corrected chi connectivity index (χ0v) is 10.8. The molecular weight excluding hydrogens is 272 g/mol. The van der Waals surface area contributed by atoms with Crippen molar-refractivity contribution in [3.05, 3.63) is 29.6 Å². The summed E-state index contributed by atoms with van der Waals surface area (Å²) in [5.41, 5.74) is 0.800. The van der Waals surface area contributed by atoms with Crippen molar-refractivity contribution >= 4 is 28.2 Å². The second-order valence-electron chi connectivity index (χ2n) is 4.27. The van der Waals surface area contributed by atoms with Gasteiger partial charge in [0.05, 0.1) is 24.2 Å². The Morgan fingerprint density at radius 1 is 1.26 bits per heavy atom. The molecule has 0 atom stereocenters.